The quantitative estimate of drug-likeness (QED) is 0.477. The van der Waals surface area contributed by atoms with E-state index in [1.165, 1.54) is 0 Å². The van der Waals surface area contributed by atoms with Gasteiger partial charge in [0.1, 0.15) is 0 Å². The molecule has 1 heterocycles. The van der Waals surface area contributed by atoms with Crippen molar-refractivity contribution in [3.05, 3.63) is 0 Å². The first-order valence-corrected chi connectivity index (χ1v) is 2.47. The van der Waals surface area contributed by atoms with Gasteiger partial charge in [0.2, 0.25) is 6.29 Å². The first-order valence-electron chi connectivity index (χ1n) is 2.47. The van der Waals surface area contributed by atoms with Crippen molar-refractivity contribution in [1.29, 1.82) is 0 Å². The minimum absolute atomic E-state index is 0.0430. The van der Waals surface area contributed by atoms with Gasteiger partial charge in [-0.3, -0.25) is 4.79 Å². The third kappa shape index (κ3) is 1.05. The van der Waals surface area contributed by atoms with Crippen LogP contribution in [-0.4, -0.2) is 25.3 Å². The van der Waals surface area contributed by atoms with Crippen molar-refractivity contribution in [1.82, 2.24) is 0 Å². The van der Waals surface area contributed by atoms with Crippen LogP contribution in [0.1, 0.15) is 6.92 Å². The van der Waals surface area contributed by atoms with Gasteiger partial charge in [0.15, 0.2) is 0 Å². The van der Waals surface area contributed by atoms with Crippen LogP contribution in [0.3, 0.4) is 0 Å². The highest BCUT2D eigenvalue weighted by atomic mass is 16.7. The smallest absolute Gasteiger partial charge is 0.259 e. The summed E-state index contributed by atoms with van der Waals surface area (Å²) >= 11 is 0. The topological polar surface area (TPSA) is 35.5 Å². The van der Waals surface area contributed by atoms with Crippen LogP contribution in [0.5, 0.6) is 0 Å². The van der Waals surface area contributed by atoms with Crippen molar-refractivity contribution < 1.29 is 14.3 Å². The molecule has 2 unspecified atom stereocenters. The molecule has 1 rings (SSSR count). The molecule has 1 aliphatic rings. The molecule has 0 aliphatic carbocycles. The number of hydrogen-bond donors (Lipinski definition) is 0. The van der Waals surface area contributed by atoms with Crippen molar-refractivity contribution in [2.24, 2.45) is 0 Å². The largest absolute Gasteiger partial charge is 0.343 e. The van der Waals surface area contributed by atoms with Crippen LogP contribution in [0.15, 0.2) is 0 Å². The number of carbonyl (C=O) groups excluding carboxylic acids is 1. The molecule has 0 amide bonds. The molecule has 2 atom stereocenters. The van der Waals surface area contributed by atoms with E-state index < -0.39 is 6.29 Å². The Morgan fingerprint density at radius 3 is 2.75 bits per heavy atom. The van der Waals surface area contributed by atoms with Crippen molar-refractivity contribution in [2.45, 2.75) is 19.3 Å². The van der Waals surface area contributed by atoms with Crippen molar-refractivity contribution in [3.8, 4) is 0 Å². The van der Waals surface area contributed by atoms with Crippen LogP contribution in [0.4, 0.5) is 0 Å². The maximum Gasteiger partial charge on any atom is 0.259 e. The fraction of sp³-hybridized carbons (Fsp3) is 0.800. The summed E-state index contributed by atoms with van der Waals surface area (Å²) in [6, 6.07) is 0. The predicted molar refractivity (Wildman–Crippen MR) is 26.0 cm³/mol. The summed E-state index contributed by atoms with van der Waals surface area (Å²) in [5, 5.41) is 0. The zero-order valence-corrected chi connectivity index (χ0v) is 4.59. The number of hydrogen-bond acceptors (Lipinski definition) is 3. The zero-order chi connectivity index (χ0) is 5.98. The summed E-state index contributed by atoms with van der Waals surface area (Å²) in [5.74, 6) is 0. The van der Waals surface area contributed by atoms with Gasteiger partial charge in [0.05, 0.1) is 12.7 Å². The molecule has 0 saturated carbocycles. The SMILES string of the molecule is CC1COC([C]=O)O1. The third-order valence-electron chi connectivity index (χ3n) is 0.934. The van der Waals surface area contributed by atoms with Crippen molar-refractivity contribution >= 4 is 6.29 Å². The van der Waals surface area contributed by atoms with Crippen LogP contribution in [0.2, 0.25) is 0 Å². The summed E-state index contributed by atoms with van der Waals surface area (Å²) < 4.78 is 9.63. The maximum absolute atomic E-state index is 9.78. The average molecular weight is 115 g/mol. The Balaban J connectivity index is 2.32. The van der Waals surface area contributed by atoms with E-state index in [0.717, 1.165) is 0 Å². The second-order valence-electron chi connectivity index (χ2n) is 1.73. The van der Waals surface area contributed by atoms with E-state index >= 15 is 0 Å². The Hall–Kier alpha value is -0.410. The Morgan fingerprint density at radius 2 is 2.50 bits per heavy atom. The van der Waals surface area contributed by atoms with Gasteiger partial charge >= 0.3 is 0 Å². The first-order chi connectivity index (χ1) is 3.83. The zero-order valence-electron chi connectivity index (χ0n) is 4.59. The molecule has 0 bridgehead atoms. The highest BCUT2D eigenvalue weighted by Crippen LogP contribution is 2.07. The lowest BCUT2D eigenvalue weighted by Gasteiger charge is -1.96. The summed E-state index contributed by atoms with van der Waals surface area (Å²) in [5.41, 5.74) is 0. The van der Waals surface area contributed by atoms with Crippen molar-refractivity contribution in [2.75, 3.05) is 6.61 Å². The van der Waals surface area contributed by atoms with E-state index in [1.54, 1.807) is 6.29 Å². The molecule has 1 aliphatic heterocycles. The Morgan fingerprint density at radius 1 is 1.75 bits per heavy atom. The lowest BCUT2D eigenvalue weighted by atomic mass is 10.5. The Bertz CT molecular complexity index is 91.7. The molecular weight excluding hydrogens is 108 g/mol. The molecule has 1 radical (unpaired) electrons. The van der Waals surface area contributed by atoms with E-state index in [2.05, 4.69) is 0 Å². The minimum atomic E-state index is -0.731. The van der Waals surface area contributed by atoms with Crippen LogP contribution in [0.25, 0.3) is 0 Å². The van der Waals surface area contributed by atoms with Crippen LogP contribution >= 0.6 is 0 Å². The minimum Gasteiger partial charge on any atom is -0.343 e. The van der Waals surface area contributed by atoms with E-state index in [-0.39, 0.29) is 6.10 Å². The van der Waals surface area contributed by atoms with Crippen LogP contribution in [-0.2, 0) is 14.3 Å². The molecule has 8 heavy (non-hydrogen) atoms. The fourth-order valence-corrected chi connectivity index (χ4v) is 0.574. The molecule has 0 aromatic carbocycles. The molecule has 3 nitrogen and oxygen atoms in total. The fourth-order valence-electron chi connectivity index (χ4n) is 0.574. The molecular formula is C5H7O3. The third-order valence-corrected chi connectivity index (χ3v) is 0.934. The molecule has 0 aromatic heterocycles. The monoisotopic (exact) mass is 115 g/mol. The second-order valence-corrected chi connectivity index (χ2v) is 1.73. The highest BCUT2D eigenvalue weighted by molar-refractivity contribution is 5.55. The maximum atomic E-state index is 9.78. The lowest BCUT2D eigenvalue weighted by molar-refractivity contribution is -0.00191. The number of ether oxygens (including phenoxy) is 2. The van der Waals surface area contributed by atoms with Gasteiger partial charge in [0, 0.05) is 0 Å². The molecule has 3 heteroatoms. The van der Waals surface area contributed by atoms with Crippen LogP contribution in [0, 0.1) is 0 Å². The molecule has 0 spiro atoms. The Labute approximate surface area is 47.6 Å². The van der Waals surface area contributed by atoms with E-state index in [0.29, 0.717) is 6.61 Å². The summed E-state index contributed by atoms with van der Waals surface area (Å²) in [7, 11) is 0. The summed E-state index contributed by atoms with van der Waals surface area (Å²) in [6.45, 7) is 2.34. The van der Waals surface area contributed by atoms with E-state index in [4.69, 9.17) is 9.47 Å². The van der Waals surface area contributed by atoms with Gasteiger partial charge in [-0.15, -0.1) is 0 Å². The van der Waals surface area contributed by atoms with Gasteiger partial charge < -0.3 is 9.47 Å². The van der Waals surface area contributed by atoms with E-state index in [9.17, 15) is 4.79 Å². The average Bonchev–Trinajstić information content (AvgIpc) is 2.14. The molecule has 0 N–H and O–H groups in total. The van der Waals surface area contributed by atoms with E-state index in [1.807, 2.05) is 6.92 Å². The molecule has 0 aromatic rings. The summed E-state index contributed by atoms with van der Waals surface area (Å²) in [6.07, 6.45) is 0.911. The van der Waals surface area contributed by atoms with Crippen LogP contribution < -0.4 is 0 Å². The lowest BCUT2D eigenvalue weighted by Crippen LogP contribution is -2.09. The van der Waals surface area contributed by atoms with Gasteiger partial charge in [-0.2, -0.15) is 0 Å². The predicted octanol–water partition coefficient (Wildman–Crippen LogP) is -0.143. The number of rotatable bonds is 1. The second kappa shape index (κ2) is 2.24. The van der Waals surface area contributed by atoms with Crippen molar-refractivity contribution in [3.63, 3.8) is 0 Å². The van der Waals surface area contributed by atoms with Gasteiger partial charge in [0.25, 0.3) is 6.29 Å². The first kappa shape index (κ1) is 5.72. The van der Waals surface area contributed by atoms with Gasteiger partial charge in [-0.1, -0.05) is 0 Å². The van der Waals surface area contributed by atoms with Gasteiger partial charge in [-0.25, -0.2) is 0 Å². The molecule has 45 valence electrons. The molecule has 1 fully saturated rings. The molecule has 1 saturated heterocycles. The standard InChI is InChI=1S/C5H7O3/c1-4-3-7-5(2-6)8-4/h4-5H,3H2,1H3. The summed E-state index contributed by atoms with van der Waals surface area (Å²) in [4.78, 5) is 9.78. The normalized spacial score (nSPS) is 37.6. The van der Waals surface area contributed by atoms with Gasteiger partial charge in [-0.05, 0) is 6.92 Å². The Kier molecular flexibility index (Phi) is 1.60. The highest BCUT2D eigenvalue weighted by Gasteiger charge is 2.21.